The van der Waals surface area contributed by atoms with Crippen molar-refractivity contribution < 1.29 is 57.6 Å². The van der Waals surface area contributed by atoms with Crippen LogP contribution in [-0.2, 0) is 46.3 Å². The molecule has 0 unspecified atom stereocenters. The molecule has 3 fully saturated rings. The lowest BCUT2D eigenvalue weighted by atomic mass is 9.79. The average Bonchev–Trinajstić information content (AvgIpc) is 3.70. The molecular formula is C44H61N7O14SSi. The first-order chi connectivity index (χ1) is 31.5. The first-order valence-corrected chi connectivity index (χ1v) is 26.0. The molecule has 67 heavy (non-hydrogen) atoms. The third-order valence-electron chi connectivity index (χ3n) is 12.9. The van der Waals surface area contributed by atoms with Crippen molar-refractivity contribution in [3.8, 4) is 0 Å². The third kappa shape index (κ3) is 13.5. The molecule has 2 aromatic carbocycles. The number of β-lactam (4-membered cyclic amide) rings is 1. The molecule has 0 radical (unpaired) electrons. The highest BCUT2D eigenvalue weighted by Gasteiger charge is 2.51. The molecule has 0 aliphatic carbocycles. The second-order valence-electron chi connectivity index (χ2n) is 18.6. The minimum absolute atomic E-state index is 0.000970. The Morgan fingerprint density at radius 1 is 0.896 bits per heavy atom. The van der Waals surface area contributed by atoms with Gasteiger partial charge in [-0.25, -0.2) is 9.59 Å². The lowest BCUT2D eigenvalue weighted by Gasteiger charge is -2.46. The Bertz CT molecular complexity index is 2150. The Hall–Kier alpha value is -5.65. The number of non-ortho nitro benzene ring substituents is 2. The predicted molar refractivity (Wildman–Crippen MR) is 247 cm³/mol. The summed E-state index contributed by atoms with van der Waals surface area (Å²) in [5.41, 5.74) is 0.816. The van der Waals surface area contributed by atoms with Crippen molar-refractivity contribution in [1.29, 1.82) is 0 Å². The summed E-state index contributed by atoms with van der Waals surface area (Å²) in [4.78, 5) is 105. The standard InChI is InChI=1S/C44H61N7O14SSi/c1-27(37-36(38(53)46-37)28(2)65-67(6,7)44(3,4)5)41(56)66-33-23-34(49(24-33)43(58)64-26-30-12-16-32(17-13-30)51(61)62)39(54)47-19-21-48(22-20-47)40(55)35(52)9-8-18-45-42(57)63-25-29-10-14-31(15-11-29)50(59)60/h10-17,27-28,33-37,52H,8-9,18-26H2,1-7H3,(H,45,57)(H,46,53)/t27-,28-,33+,34+,35+,36-,37-/m1/s1. The number of aliphatic hydroxyl groups is 1. The third-order valence-corrected chi connectivity index (χ3v) is 18.8. The van der Waals surface area contributed by atoms with Crippen LogP contribution in [0.4, 0.5) is 21.0 Å². The molecule has 366 valence electrons. The van der Waals surface area contributed by atoms with Gasteiger partial charge in [-0.3, -0.25) is 44.3 Å². The van der Waals surface area contributed by atoms with Crippen molar-refractivity contribution in [2.45, 2.75) is 115 Å². The molecule has 3 saturated heterocycles. The van der Waals surface area contributed by atoms with E-state index in [2.05, 4.69) is 44.5 Å². The molecule has 3 N–H and O–H groups in total. The van der Waals surface area contributed by atoms with Gasteiger partial charge in [-0.05, 0) is 79.7 Å². The van der Waals surface area contributed by atoms with Crippen LogP contribution in [0, 0.1) is 32.1 Å². The summed E-state index contributed by atoms with van der Waals surface area (Å²) in [7, 11) is -2.23. The van der Waals surface area contributed by atoms with E-state index in [1.807, 2.05) is 6.92 Å². The van der Waals surface area contributed by atoms with Crippen molar-refractivity contribution in [2.75, 3.05) is 39.3 Å². The number of ether oxygens (including phenoxy) is 2. The molecule has 0 aromatic heterocycles. The number of thioether (sulfide) groups is 1. The molecule has 5 amide bonds. The minimum Gasteiger partial charge on any atom is -0.445 e. The SMILES string of the molecule is C[C@@H](O[Si](C)(C)C(C)(C)C)[C@H]1C(=O)N[C@@H]1[C@@H](C)C(=O)S[C@H]1C[C@@H](C(=O)N2CCN(C(=O)[C@@H](O)CCCNC(=O)OCc3ccc([N+](=O)[O-])cc3)CC2)N(C(=O)OCc2ccc([N+](=O)[O-])cc2)C1. The Morgan fingerprint density at radius 2 is 1.43 bits per heavy atom. The van der Waals surface area contributed by atoms with E-state index in [9.17, 15) is 54.1 Å². The van der Waals surface area contributed by atoms with E-state index in [4.69, 9.17) is 13.9 Å². The summed E-state index contributed by atoms with van der Waals surface area (Å²) in [6, 6.07) is 9.56. The van der Waals surface area contributed by atoms with Gasteiger partial charge in [0.2, 0.25) is 11.8 Å². The van der Waals surface area contributed by atoms with Crippen molar-refractivity contribution in [1.82, 2.24) is 25.3 Å². The quantitative estimate of drug-likeness (QED) is 0.0599. The zero-order valence-electron chi connectivity index (χ0n) is 38.8. The van der Waals surface area contributed by atoms with Gasteiger partial charge in [0.25, 0.3) is 17.3 Å². The van der Waals surface area contributed by atoms with Gasteiger partial charge in [-0.2, -0.15) is 0 Å². The number of aliphatic hydroxyl groups excluding tert-OH is 1. The fraction of sp³-hybridized carbons (Fsp3) is 0.591. The maximum atomic E-state index is 14.2. The van der Waals surface area contributed by atoms with E-state index in [1.54, 1.807) is 6.92 Å². The van der Waals surface area contributed by atoms with Crippen LogP contribution < -0.4 is 10.6 Å². The second kappa shape index (κ2) is 22.4. The number of carbonyl (C=O) groups is 6. The number of nitro groups is 2. The van der Waals surface area contributed by atoms with Crippen LogP contribution in [0.15, 0.2) is 48.5 Å². The number of hydrogen-bond donors (Lipinski definition) is 3. The fourth-order valence-electron chi connectivity index (χ4n) is 7.84. The summed E-state index contributed by atoms with van der Waals surface area (Å²) in [6.07, 6.45) is -2.93. The molecule has 2 aromatic rings. The number of hydrogen-bond acceptors (Lipinski definition) is 15. The molecule has 0 saturated carbocycles. The summed E-state index contributed by atoms with van der Waals surface area (Å²) < 4.78 is 17.2. The van der Waals surface area contributed by atoms with E-state index in [0.29, 0.717) is 11.1 Å². The lowest BCUT2D eigenvalue weighted by molar-refractivity contribution is -0.385. The Balaban J connectivity index is 1.14. The van der Waals surface area contributed by atoms with Crippen LogP contribution in [0.2, 0.25) is 18.1 Å². The summed E-state index contributed by atoms with van der Waals surface area (Å²) in [5, 5.41) is 37.2. The monoisotopic (exact) mass is 971 g/mol. The van der Waals surface area contributed by atoms with Gasteiger partial charge in [0.15, 0.2) is 13.4 Å². The van der Waals surface area contributed by atoms with Crippen molar-refractivity contribution >= 4 is 66.5 Å². The maximum Gasteiger partial charge on any atom is 0.410 e. The van der Waals surface area contributed by atoms with E-state index in [1.165, 1.54) is 63.2 Å². The Kier molecular flexibility index (Phi) is 17.5. The zero-order valence-corrected chi connectivity index (χ0v) is 40.7. The molecule has 3 aliphatic rings. The topological polar surface area (TPSA) is 270 Å². The molecule has 23 heteroatoms. The van der Waals surface area contributed by atoms with Crippen LogP contribution in [0.3, 0.4) is 0 Å². The number of nitrogens with zero attached hydrogens (tertiary/aromatic N) is 5. The first-order valence-electron chi connectivity index (χ1n) is 22.2. The number of benzene rings is 2. The van der Waals surface area contributed by atoms with Crippen LogP contribution in [0.1, 0.15) is 65.0 Å². The van der Waals surface area contributed by atoms with Crippen molar-refractivity contribution in [2.24, 2.45) is 11.8 Å². The smallest absolute Gasteiger partial charge is 0.410 e. The second-order valence-corrected chi connectivity index (χ2v) is 24.7. The van der Waals surface area contributed by atoms with Gasteiger partial charge in [0.1, 0.15) is 25.4 Å². The zero-order chi connectivity index (χ0) is 49.4. The van der Waals surface area contributed by atoms with E-state index in [0.717, 1.165) is 11.8 Å². The molecule has 3 aliphatic heterocycles. The van der Waals surface area contributed by atoms with Gasteiger partial charge < -0.3 is 39.4 Å². The van der Waals surface area contributed by atoms with Crippen LogP contribution >= 0.6 is 11.8 Å². The van der Waals surface area contributed by atoms with Crippen LogP contribution in [-0.4, -0.2) is 142 Å². The summed E-state index contributed by atoms with van der Waals surface area (Å²) in [5.74, 6) is -2.26. The van der Waals surface area contributed by atoms with Gasteiger partial charge in [0, 0.05) is 74.7 Å². The number of piperazine rings is 1. The molecular weight excluding hydrogens is 911 g/mol. The van der Waals surface area contributed by atoms with E-state index < -0.39 is 83.5 Å². The fourth-order valence-corrected chi connectivity index (χ4v) is 10.5. The van der Waals surface area contributed by atoms with Gasteiger partial charge in [-0.15, -0.1) is 0 Å². The van der Waals surface area contributed by atoms with Gasteiger partial charge >= 0.3 is 12.2 Å². The largest absolute Gasteiger partial charge is 0.445 e. The van der Waals surface area contributed by atoms with Crippen molar-refractivity contribution in [3.63, 3.8) is 0 Å². The number of amides is 5. The molecule has 0 spiro atoms. The maximum absolute atomic E-state index is 14.2. The highest BCUT2D eigenvalue weighted by atomic mass is 32.2. The Labute approximate surface area is 394 Å². The molecule has 5 rings (SSSR count). The first kappa shape index (κ1) is 52.3. The highest BCUT2D eigenvalue weighted by Crippen LogP contribution is 2.41. The lowest BCUT2D eigenvalue weighted by Crippen LogP contribution is -2.66. The van der Waals surface area contributed by atoms with Crippen LogP contribution in [0.25, 0.3) is 0 Å². The number of alkyl carbamates (subject to hydrolysis) is 1. The minimum atomic E-state index is -2.23. The number of nitro benzene ring substituents is 2. The molecule has 3 heterocycles. The number of carbonyl (C=O) groups excluding carboxylic acids is 6. The normalized spacial score (nSPS) is 21.0. The number of rotatable bonds is 18. The van der Waals surface area contributed by atoms with E-state index in [-0.39, 0.29) is 99.2 Å². The molecule has 7 atom stereocenters. The van der Waals surface area contributed by atoms with Crippen molar-refractivity contribution in [3.05, 3.63) is 79.9 Å². The average molecular weight is 972 g/mol. The van der Waals surface area contributed by atoms with Gasteiger partial charge in [0.05, 0.1) is 27.9 Å². The predicted octanol–water partition coefficient (Wildman–Crippen LogP) is 4.74. The highest BCUT2D eigenvalue weighted by molar-refractivity contribution is 8.14. The van der Waals surface area contributed by atoms with Gasteiger partial charge in [-0.1, -0.05) is 39.5 Å². The molecule has 21 nitrogen and oxygen atoms in total. The molecule has 0 bridgehead atoms. The Morgan fingerprint density at radius 3 is 1.96 bits per heavy atom. The van der Waals surface area contributed by atoms with E-state index >= 15 is 0 Å². The summed E-state index contributed by atoms with van der Waals surface area (Å²) in [6.45, 7) is 14.3. The number of likely N-dealkylation sites (tertiary alicyclic amines) is 1. The summed E-state index contributed by atoms with van der Waals surface area (Å²) >= 11 is 1.02. The van der Waals surface area contributed by atoms with Crippen LogP contribution in [0.5, 0.6) is 0 Å². The number of nitrogens with one attached hydrogen (secondary N) is 2.